The fourth-order valence-corrected chi connectivity index (χ4v) is 3.01. The summed E-state index contributed by atoms with van der Waals surface area (Å²) < 4.78 is 33.9. The van der Waals surface area contributed by atoms with Crippen molar-refractivity contribution < 1.29 is 13.5 Å². The molecule has 4 rings (SSSR count). The van der Waals surface area contributed by atoms with Crippen LogP contribution >= 0.6 is 0 Å². The topological polar surface area (TPSA) is 28.1 Å². The number of likely N-dealkylation sites (N-methyl/N-ethyl adjacent to an activating group) is 1. The lowest BCUT2D eigenvalue weighted by Crippen LogP contribution is -2.47. The Bertz CT molecular complexity index is 814. The van der Waals surface area contributed by atoms with Gasteiger partial charge in [0.2, 0.25) is 0 Å². The van der Waals surface area contributed by atoms with Gasteiger partial charge in [-0.2, -0.15) is 0 Å². The van der Waals surface area contributed by atoms with Crippen molar-refractivity contribution in [1.29, 1.82) is 0 Å². The molecule has 2 aromatic carbocycles. The number of hydrogen-bond acceptors (Lipinski definition) is 4. The zero-order valence-corrected chi connectivity index (χ0v) is 13.3. The van der Waals surface area contributed by atoms with Crippen molar-refractivity contribution in [2.75, 3.05) is 33.2 Å². The third-order valence-corrected chi connectivity index (χ3v) is 4.36. The van der Waals surface area contributed by atoms with Crippen LogP contribution in [0.25, 0.3) is 0 Å². The summed E-state index contributed by atoms with van der Waals surface area (Å²) in [5, 5.41) is 0. The van der Waals surface area contributed by atoms with Crippen LogP contribution in [0.4, 0.5) is 14.5 Å². The fraction of sp³-hybridized carbons (Fsp3) is 0.278. The van der Waals surface area contributed by atoms with Gasteiger partial charge in [0.25, 0.3) is 0 Å². The van der Waals surface area contributed by atoms with Crippen molar-refractivity contribution in [2.24, 2.45) is 4.99 Å². The summed E-state index contributed by atoms with van der Waals surface area (Å²) in [5.74, 6) is -0.306. The Kier molecular flexibility index (Phi) is 3.69. The number of aliphatic imine (C=N–C) groups is 1. The van der Waals surface area contributed by atoms with E-state index in [2.05, 4.69) is 21.8 Å². The number of para-hydroxylation sites is 2. The lowest BCUT2D eigenvalue weighted by Gasteiger charge is -2.34. The second-order valence-corrected chi connectivity index (χ2v) is 6.06. The first-order valence-electron chi connectivity index (χ1n) is 7.90. The van der Waals surface area contributed by atoms with Crippen LogP contribution in [0.2, 0.25) is 0 Å². The molecule has 0 N–H and O–H groups in total. The molecular weight excluding hydrogens is 312 g/mol. The summed E-state index contributed by atoms with van der Waals surface area (Å²) in [6, 6.07) is 9.33. The number of amidine groups is 1. The second-order valence-electron chi connectivity index (χ2n) is 6.06. The molecule has 0 radical (unpaired) electrons. The van der Waals surface area contributed by atoms with Gasteiger partial charge >= 0.3 is 0 Å². The van der Waals surface area contributed by atoms with Crippen molar-refractivity contribution in [2.45, 2.75) is 0 Å². The predicted octanol–water partition coefficient (Wildman–Crippen LogP) is 3.40. The van der Waals surface area contributed by atoms with Gasteiger partial charge in [-0.05, 0) is 25.2 Å². The highest BCUT2D eigenvalue weighted by atomic mass is 19.1. The van der Waals surface area contributed by atoms with Gasteiger partial charge in [0.05, 0.1) is 5.56 Å². The molecule has 2 aliphatic rings. The summed E-state index contributed by atoms with van der Waals surface area (Å²) in [7, 11) is 2.05. The lowest BCUT2D eigenvalue weighted by atomic mass is 10.1. The second kappa shape index (κ2) is 5.87. The van der Waals surface area contributed by atoms with E-state index in [0.29, 0.717) is 22.8 Å². The Labute approximate surface area is 139 Å². The lowest BCUT2D eigenvalue weighted by molar-refractivity contribution is 0.215. The van der Waals surface area contributed by atoms with E-state index >= 15 is 0 Å². The molecule has 124 valence electrons. The normalized spacial score (nSPS) is 17.5. The van der Waals surface area contributed by atoms with E-state index in [1.165, 1.54) is 6.07 Å². The molecule has 0 aromatic heterocycles. The van der Waals surface area contributed by atoms with E-state index in [-0.39, 0.29) is 5.75 Å². The molecule has 0 aliphatic carbocycles. The van der Waals surface area contributed by atoms with Crippen LogP contribution in [0.3, 0.4) is 0 Å². The van der Waals surface area contributed by atoms with Gasteiger partial charge in [-0.25, -0.2) is 13.8 Å². The third kappa shape index (κ3) is 2.63. The highest BCUT2D eigenvalue weighted by Crippen LogP contribution is 2.39. The van der Waals surface area contributed by atoms with E-state index in [1.54, 1.807) is 12.1 Å². The summed E-state index contributed by atoms with van der Waals surface area (Å²) in [6.07, 6.45) is 0. The minimum absolute atomic E-state index is 0.0269. The van der Waals surface area contributed by atoms with E-state index in [0.717, 1.165) is 32.2 Å². The van der Waals surface area contributed by atoms with Gasteiger partial charge in [-0.15, -0.1) is 0 Å². The number of hydrogen-bond donors (Lipinski definition) is 0. The largest absolute Gasteiger partial charge is 0.451 e. The van der Waals surface area contributed by atoms with Gasteiger partial charge in [0.1, 0.15) is 17.3 Å². The van der Waals surface area contributed by atoms with Gasteiger partial charge in [-0.1, -0.05) is 12.1 Å². The Morgan fingerprint density at radius 1 is 1.04 bits per heavy atom. The van der Waals surface area contributed by atoms with Crippen molar-refractivity contribution in [1.82, 2.24) is 9.80 Å². The molecule has 0 spiro atoms. The first kappa shape index (κ1) is 15.1. The van der Waals surface area contributed by atoms with Crippen LogP contribution in [-0.2, 0) is 0 Å². The maximum atomic E-state index is 14.4. The van der Waals surface area contributed by atoms with Crippen LogP contribution in [-0.4, -0.2) is 48.9 Å². The maximum Gasteiger partial charge on any atom is 0.174 e. The van der Waals surface area contributed by atoms with Crippen LogP contribution in [0.1, 0.15) is 5.56 Å². The third-order valence-electron chi connectivity index (χ3n) is 4.36. The van der Waals surface area contributed by atoms with Crippen LogP contribution in [0.15, 0.2) is 41.4 Å². The van der Waals surface area contributed by atoms with E-state index in [9.17, 15) is 8.78 Å². The monoisotopic (exact) mass is 329 g/mol. The van der Waals surface area contributed by atoms with E-state index < -0.39 is 11.6 Å². The zero-order chi connectivity index (χ0) is 16.7. The van der Waals surface area contributed by atoms with Crippen LogP contribution in [0, 0.1) is 11.6 Å². The molecule has 0 bridgehead atoms. The first-order chi connectivity index (χ1) is 11.6. The Morgan fingerprint density at radius 2 is 1.79 bits per heavy atom. The molecule has 1 fully saturated rings. The number of benzene rings is 2. The Hall–Kier alpha value is -2.47. The minimum Gasteiger partial charge on any atom is -0.451 e. The van der Waals surface area contributed by atoms with E-state index in [1.807, 2.05) is 12.1 Å². The van der Waals surface area contributed by atoms with Gasteiger partial charge < -0.3 is 14.5 Å². The quantitative estimate of drug-likeness (QED) is 0.741. The smallest absolute Gasteiger partial charge is 0.174 e. The van der Waals surface area contributed by atoms with E-state index in [4.69, 9.17) is 4.74 Å². The molecule has 0 saturated carbocycles. The molecule has 0 unspecified atom stereocenters. The van der Waals surface area contributed by atoms with Crippen molar-refractivity contribution in [3.05, 3.63) is 53.6 Å². The molecule has 4 nitrogen and oxygen atoms in total. The number of halogens is 2. The molecule has 0 amide bonds. The van der Waals surface area contributed by atoms with Gasteiger partial charge in [0.15, 0.2) is 17.3 Å². The molecule has 24 heavy (non-hydrogen) atoms. The summed E-state index contributed by atoms with van der Waals surface area (Å²) in [4.78, 5) is 8.95. The number of ether oxygens (including phenoxy) is 1. The molecule has 6 heteroatoms. The zero-order valence-electron chi connectivity index (χ0n) is 13.3. The SMILES string of the molecule is CN1CCN(C2=Nc3ccccc3Oc3c(F)cc(F)cc32)CC1. The standard InChI is InChI=1S/C18H17F2N3O/c1-22-6-8-23(9-7-22)18-13-10-12(19)11-14(20)17(13)24-16-5-3-2-4-15(16)21-18/h2-5,10-11H,6-9H2,1H3. The molecule has 1 saturated heterocycles. The molecular formula is C18H17F2N3O. The number of piperazine rings is 1. The van der Waals surface area contributed by atoms with Crippen molar-refractivity contribution in [3.8, 4) is 11.5 Å². The Balaban J connectivity index is 1.88. The first-order valence-corrected chi connectivity index (χ1v) is 7.90. The maximum absolute atomic E-state index is 14.4. The van der Waals surface area contributed by atoms with Gasteiger partial charge in [0, 0.05) is 32.2 Å². The summed E-state index contributed by atoms with van der Waals surface area (Å²) in [6.45, 7) is 3.23. The molecule has 2 aromatic rings. The number of rotatable bonds is 0. The molecule has 0 atom stereocenters. The molecule has 2 aliphatic heterocycles. The summed E-state index contributed by atoms with van der Waals surface area (Å²) in [5.41, 5.74) is 0.968. The highest BCUT2D eigenvalue weighted by Gasteiger charge is 2.27. The van der Waals surface area contributed by atoms with Crippen molar-refractivity contribution >= 4 is 11.5 Å². The minimum atomic E-state index is -0.719. The molecule has 2 heterocycles. The van der Waals surface area contributed by atoms with Crippen LogP contribution < -0.4 is 4.74 Å². The average molecular weight is 329 g/mol. The highest BCUT2D eigenvalue weighted by molar-refractivity contribution is 6.03. The number of nitrogens with zero attached hydrogens (tertiary/aromatic N) is 3. The predicted molar refractivity (Wildman–Crippen MR) is 88.1 cm³/mol. The van der Waals surface area contributed by atoms with Gasteiger partial charge in [-0.3, -0.25) is 0 Å². The summed E-state index contributed by atoms with van der Waals surface area (Å²) >= 11 is 0. The van der Waals surface area contributed by atoms with Crippen LogP contribution in [0.5, 0.6) is 11.5 Å². The Morgan fingerprint density at radius 3 is 2.58 bits per heavy atom. The fourth-order valence-electron chi connectivity index (χ4n) is 3.01. The average Bonchev–Trinajstić information content (AvgIpc) is 2.73. The van der Waals surface area contributed by atoms with Crippen molar-refractivity contribution in [3.63, 3.8) is 0 Å². The number of fused-ring (bicyclic) bond motifs is 2.